The minimum Gasteiger partial charge on any atom is -0.399 e. The van der Waals surface area contributed by atoms with Gasteiger partial charge in [-0.05, 0) is 24.6 Å². The van der Waals surface area contributed by atoms with Crippen LogP contribution >= 0.6 is 23.4 Å². The average Bonchev–Trinajstić information content (AvgIpc) is 2.52. The number of thioether (sulfide) groups is 1. The quantitative estimate of drug-likeness (QED) is 0.809. The first-order chi connectivity index (χ1) is 8.89. The predicted octanol–water partition coefficient (Wildman–Crippen LogP) is 3.28. The summed E-state index contributed by atoms with van der Waals surface area (Å²) in [4.78, 5) is 14.4. The zero-order chi connectivity index (χ0) is 14.0. The Balaban J connectivity index is 2.17. The largest absolute Gasteiger partial charge is 0.399 e. The van der Waals surface area contributed by atoms with Crippen LogP contribution in [0.25, 0.3) is 0 Å². The van der Waals surface area contributed by atoms with Crippen LogP contribution in [-0.2, 0) is 0 Å². The van der Waals surface area contributed by atoms with E-state index >= 15 is 0 Å². The Labute approximate surface area is 123 Å². The van der Waals surface area contributed by atoms with Gasteiger partial charge in [-0.15, -0.1) is 0 Å². The molecule has 1 amide bonds. The topological polar surface area (TPSA) is 46.3 Å². The molecule has 1 saturated heterocycles. The third-order valence-electron chi connectivity index (χ3n) is 3.35. The van der Waals surface area contributed by atoms with Gasteiger partial charge in [0.15, 0.2) is 0 Å². The molecule has 0 unspecified atom stereocenters. The van der Waals surface area contributed by atoms with E-state index in [4.69, 9.17) is 17.3 Å². The van der Waals surface area contributed by atoms with Crippen molar-refractivity contribution in [1.29, 1.82) is 0 Å². The highest BCUT2D eigenvalue weighted by molar-refractivity contribution is 8.00. The summed E-state index contributed by atoms with van der Waals surface area (Å²) in [7, 11) is 0. The maximum Gasteiger partial charge on any atom is 0.255 e. The van der Waals surface area contributed by atoms with Crippen LogP contribution in [0.5, 0.6) is 0 Å². The highest BCUT2D eigenvalue weighted by Gasteiger charge is 2.27. The first-order valence-electron chi connectivity index (χ1n) is 6.37. The number of carbonyl (C=O) groups excluding carboxylic acids is 1. The number of hydrogen-bond acceptors (Lipinski definition) is 3. The summed E-state index contributed by atoms with van der Waals surface area (Å²) < 4.78 is 0.231. The minimum atomic E-state index is -0.0180. The van der Waals surface area contributed by atoms with Crippen LogP contribution in [0.2, 0.25) is 5.02 Å². The maximum atomic E-state index is 12.5. The number of rotatable bonds is 1. The van der Waals surface area contributed by atoms with Crippen LogP contribution in [0.3, 0.4) is 0 Å². The van der Waals surface area contributed by atoms with E-state index in [2.05, 4.69) is 13.8 Å². The molecular weight excluding hydrogens is 280 g/mol. The van der Waals surface area contributed by atoms with Crippen molar-refractivity contribution in [2.75, 3.05) is 24.6 Å². The number of hydrogen-bond donors (Lipinski definition) is 1. The zero-order valence-electron chi connectivity index (χ0n) is 11.3. The fraction of sp³-hybridized carbons (Fsp3) is 0.500. The SMILES string of the molecule is CC1(C)CCN(C(=O)c2cc(N)ccc2Cl)CCS1. The molecule has 1 heterocycles. The number of halogens is 1. The summed E-state index contributed by atoms with van der Waals surface area (Å²) in [5, 5.41) is 0.468. The van der Waals surface area contributed by atoms with Crippen LogP contribution in [0.4, 0.5) is 5.69 Å². The molecule has 1 aliphatic rings. The first kappa shape index (κ1) is 14.5. The van der Waals surface area contributed by atoms with Gasteiger partial charge in [0.2, 0.25) is 0 Å². The molecule has 1 aliphatic heterocycles. The third-order valence-corrected chi connectivity index (χ3v) is 5.05. The second kappa shape index (κ2) is 5.63. The molecule has 104 valence electrons. The number of nitrogens with zero attached hydrogens (tertiary/aromatic N) is 1. The Morgan fingerprint density at radius 1 is 1.42 bits per heavy atom. The number of anilines is 1. The van der Waals surface area contributed by atoms with E-state index in [1.807, 2.05) is 16.7 Å². The van der Waals surface area contributed by atoms with Crippen LogP contribution in [-0.4, -0.2) is 34.4 Å². The smallest absolute Gasteiger partial charge is 0.255 e. The number of nitrogen functional groups attached to an aromatic ring is 1. The number of nitrogens with two attached hydrogens (primary N) is 1. The van der Waals surface area contributed by atoms with Crippen molar-refractivity contribution < 1.29 is 4.79 Å². The van der Waals surface area contributed by atoms with Gasteiger partial charge >= 0.3 is 0 Å². The van der Waals surface area contributed by atoms with Crippen molar-refractivity contribution in [2.24, 2.45) is 0 Å². The van der Waals surface area contributed by atoms with Crippen LogP contribution in [0.15, 0.2) is 18.2 Å². The summed E-state index contributed by atoms with van der Waals surface area (Å²) in [6, 6.07) is 5.05. The maximum absolute atomic E-state index is 12.5. The normalized spacial score (nSPS) is 19.0. The van der Waals surface area contributed by atoms with Crippen molar-refractivity contribution in [3.63, 3.8) is 0 Å². The highest BCUT2D eigenvalue weighted by atomic mass is 35.5. The van der Waals surface area contributed by atoms with Gasteiger partial charge in [-0.25, -0.2) is 0 Å². The van der Waals surface area contributed by atoms with Gasteiger partial charge in [0.05, 0.1) is 10.6 Å². The first-order valence-corrected chi connectivity index (χ1v) is 7.74. The van der Waals surface area contributed by atoms with Crippen LogP contribution in [0, 0.1) is 0 Å². The molecule has 0 radical (unpaired) electrons. The molecule has 0 aromatic heterocycles. The van der Waals surface area contributed by atoms with E-state index in [-0.39, 0.29) is 10.7 Å². The van der Waals surface area contributed by atoms with Gasteiger partial charge in [-0.2, -0.15) is 11.8 Å². The summed E-state index contributed by atoms with van der Waals surface area (Å²) >= 11 is 8.01. The monoisotopic (exact) mass is 298 g/mol. The fourth-order valence-corrected chi connectivity index (χ4v) is 3.40. The molecule has 1 aromatic carbocycles. The molecule has 0 saturated carbocycles. The van der Waals surface area contributed by atoms with E-state index in [9.17, 15) is 4.79 Å². The number of carbonyl (C=O) groups is 1. The van der Waals surface area contributed by atoms with Crippen molar-refractivity contribution in [2.45, 2.75) is 25.0 Å². The molecule has 1 aromatic rings. The third kappa shape index (κ3) is 3.57. The lowest BCUT2D eigenvalue weighted by atomic mass is 10.1. The van der Waals surface area contributed by atoms with E-state index < -0.39 is 0 Å². The lowest BCUT2D eigenvalue weighted by Crippen LogP contribution is -2.33. The molecule has 5 heteroatoms. The molecule has 0 spiro atoms. The zero-order valence-corrected chi connectivity index (χ0v) is 12.9. The second-order valence-electron chi connectivity index (χ2n) is 5.39. The van der Waals surface area contributed by atoms with Crippen molar-refractivity contribution in [1.82, 2.24) is 4.90 Å². The average molecular weight is 299 g/mol. The Morgan fingerprint density at radius 2 is 2.16 bits per heavy atom. The van der Waals surface area contributed by atoms with E-state index in [1.165, 1.54) is 0 Å². The van der Waals surface area contributed by atoms with Crippen molar-refractivity contribution in [3.05, 3.63) is 28.8 Å². The summed E-state index contributed by atoms with van der Waals surface area (Å²) in [5.41, 5.74) is 6.81. The molecule has 0 bridgehead atoms. The Hall–Kier alpha value is -0.870. The lowest BCUT2D eigenvalue weighted by molar-refractivity contribution is 0.0765. The van der Waals surface area contributed by atoms with E-state index in [0.717, 1.165) is 25.3 Å². The molecule has 0 aliphatic carbocycles. The summed E-state index contributed by atoms with van der Waals surface area (Å²) in [5.74, 6) is 0.939. The molecule has 1 fully saturated rings. The lowest BCUT2D eigenvalue weighted by Gasteiger charge is -2.23. The van der Waals surface area contributed by atoms with Gasteiger partial charge in [0, 0.05) is 29.3 Å². The number of benzene rings is 1. The fourth-order valence-electron chi connectivity index (χ4n) is 2.10. The van der Waals surface area contributed by atoms with Crippen LogP contribution in [0.1, 0.15) is 30.6 Å². The van der Waals surface area contributed by atoms with Crippen molar-refractivity contribution in [3.8, 4) is 0 Å². The highest BCUT2D eigenvalue weighted by Crippen LogP contribution is 2.31. The van der Waals surface area contributed by atoms with Crippen LogP contribution < -0.4 is 5.73 Å². The van der Waals surface area contributed by atoms with Gasteiger partial charge in [-0.1, -0.05) is 25.4 Å². The van der Waals surface area contributed by atoms with Crippen molar-refractivity contribution >= 4 is 35.0 Å². The molecular formula is C14H19ClN2OS. The Morgan fingerprint density at radius 3 is 2.89 bits per heavy atom. The summed E-state index contributed by atoms with van der Waals surface area (Å²) in [6.07, 6.45) is 0.989. The standard InChI is InChI=1S/C14H19ClN2OS/c1-14(2)5-6-17(7-8-19-14)13(18)11-9-10(16)3-4-12(11)15/h3-4,9H,5-8,16H2,1-2H3. The molecule has 0 atom stereocenters. The minimum absolute atomic E-state index is 0.0180. The molecule has 19 heavy (non-hydrogen) atoms. The summed E-state index contributed by atoms with van der Waals surface area (Å²) in [6.45, 7) is 5.97. The molecule has 2 N–H and O–H groups in total. The molecule has 2 rings (SSSR count). The van der Waals surface area contributed by atoms with Gasteiger partial charge < -0.3 is 10.6 Å². The Kier molecular flexibility index (Phi) is 4.31. The Bertz CT molecular complexity index is 490. The van der Waals surface area contributed by atoms with E-state index in [0.29, 0.717) is 16.3 Å². The molecule has 3 nitrogen and oxygen atoms in total. The predicted molar refractivity (Wildman–Crippen MR) is 82.9 cm³/mol. The van der Waals surface area contributed by atoms with Gasteiger partial charge in [-0.3, -0.25) is 4.79 Å². The van der Waals surface area contributed by atoms with E-state index in [1.54, 1.807) is 18.2 Å². The second-order valence-corrected chi connectivity index (χ2v) is 7.60. The van der Waals surface area contributed by atoms with Gasteiger partial charge in [0.25, 0.3) is 5.91 Å². The van der Waals surface area contributed by atoms with Gasteiger partial charge in [0.1, 0.15) is 0 Å². The number of amides is 1.